The monoisotopic (exact) mass is 233 g/mol. The summed E-state index contributed by atoms with van der Waals surface area (Å²) in [6, 6.07) is 1.68. The van der Waals surface area contributed by atoms with E-state index in [0.717, 1.165) is 31.0 Å². The summed E-state index contributed by atoms with van der Waals surface area (Å²) in [5.41, 5.74) is 1.03. The largest absolute Gasteiger partial charge is 0.316 e. The minimum absolute atomic E-state index is 0.0162. The highest BCUT2D eigenvalue weighted by Crippen LogP contribution is 2.35. The lowest BCUT2D eigenvalue weighted by atomic mass is 9.83. The van der Waals surface area contributed by atoms with Crippen LogP contribution in [0.3, 0.4) is 0 Å². The minimum atomic E-state index is 0.0162. The molecule has 1 aliphatic carbocycles. The number of hydrogen-bond donors (Lipinski definition) is 2. The van der Waals surface area contributed by atoms with Gasteiger partial charge in [-0.1, -0.05) is 6.42 Å². The van der Waals surface area contributed by atoms with Gasteiger partial charge in [0.15, 0.2) is 0 Å². The van der Waals surface area contributed by atoms with Gasteiger partial charge in [-0.3, -0.25) is 4.79 Å². The third kappa shape index (κ3) is 2.27. The van der Waals surface area contributed by atoms with Crippen LogP contribution in [0, 0.1) is 0 Å². The number of nitrogens with zero attached hydrogens (tertiary/aromatic N) is 1. The highest BCUT2D eigenvalue weighted by Gasteiger charge is 2.24. The van der Waals surface area contributed by atoms with E-state index < -0.39 is 0 Å². The zero-order chi connectivity index (χ0) is 11.7. The van der Waals surface area contributed by atoms with Crippen molar-refractivity contribution in [2.75, 3.05) is 13.1 Å². The molecule has 1 unspecified atom stereocenters. The van der Waals surface area contributed by atoms with Crippen LogP contribution in [-0.2, 0) is 0 Å². The summed E-state index contributed by atoms with van der Waals surface area (Å²) in [5.74, 6) is 1.82. The van der Waals surface area contributed by atoms with Crippen LogP contribution < -0.4 is 10.9 Å². The first-order chi connectivity index (χ1) is 8.33. The molecule has 2 heterocycles. The summed E-state index contributed by atoms with van der Waals surface area (Å²) in [7, 11) is 0. The molecule has 92 valence electrons. The van der Waals surface area contributed by atoms with Crippen molar-refractivity contribution >= 4 is 0 Å². The van der Waals surface area contributed by atoms with Crippen molar-refractivity contribution in [3.8, 4) is 0 Å². The van der Waals surface area contributed by atoms with Crippen molar-refractivity contribution in [1.29, 1.82) is 0 Å². The van der Waals surface area contributed by atoms with Gasteiger partial charge < -0.3 is 10.3 Å². The van der Waals surface area contributed by atoms with E-state index in [1.165, 1.54) is 25.7 Å². The summed E-state index contributed by atoms with van der Waals surface area (Å²) in [6.07, 6.45) is 5.96. The average molecular weight is 233 g/mol. The molecule has 0 spiro atoms. The van der Waals surface area contributed by atoms with Gasteiger partial charge in [0.05, 0.1) is 5.69 Å². The summed E-state index contributed by atoms with van der Waals surface area (Å²) in [4.78, 5) is 19.3. The Balaban J connectivity index is 1.87. The van der Waals surface area contributed by atoms with Gasteiger partial charge in [0, 0.05) is 24.4 Å². The molecule has 3 rings (SSSR count). The fraction of sp³-hybridized carbons (Fsp3) is 0.692. The van der Waals surface area contributed by atoms with Crippen LogP contribution in [0.1, 0.15) is 55.5 Å². The van der Waals surface area contributed by atoms with Gasteiger partial charge >= 0.3 is 0 Å². The second-order valence-electron chi connectivity index (χ2n) is 5.23. The molecule has 17 heavy (non-hydrogen) atoms. The predicted molar refractivity (Wildman–Crippen MR) is 66.3 cm³/mol. The lowest BCUT2D eigenvalue weighted by Crippen LogP contribution is -2.31. The molecular formula is C13H19N3O. The molecule has 1 aliphatic heterocycles. The molecule has 2 N–H and O–H groups in total. The fourth-order valence-corrected chi connectivity index (χ4v) is 2.69. The Bertz CT molecular complexity index is 444. The van der Waals surface area contributed by atoms with Gasteiger partial charge in [-0.05, 0) is 32.2 Å². The smallest absolute Gasteiger partial charge is 0.251 e. The van der Waals surface area contributed by atoms with Crippen molar-refractivity contribution < 1.29 is 0 Å². The van der Waals surface area contributed by atoms with Crippen LogP contribution in [0.4, 0.5) is 0 Å². The first kappa shape index (κ1) is 11.0. The van der Waals surface area contributed by atoms with Gasteiger partial charge in [-0.15, -0.1) is 0 Å². The first-order valence-corrected chi connectivity index (χ1v) is 6.65. The lowest BCUT2D eigenvalue weighted by Gasteiger charge is -2.26. The van der Waals surface area contributed by atoms with E-state index in [-0.39, 0.29) is 5.56 Å². The summed E-state index contributed by atoms with van der Waals surface area (Å²) in [6.45, 7) is 2.03. The molecule has 0 amide bonds. The quantitative estimate of drug-likeness (QED) is 0.814. The van der Waals surface area contributed by atoms with E-state index in [2.05, 4.69) is 15.3 Å². The molecule has 1 saturated carbocycles. The Morgan fingerprint density at radius 1 is 1.18 bits per heavy atom. The van der Waals surface area contributed by atoms with E-state index in [9.17, 15) is 4.79 Å². The molecule has 1 aromatic heterocycles. The lowest BCUT2D eigenvalue weighted by molar-refractivity contribution is 0.402. The number of piperidine rings is 1. The van der Waals surface area contributed by atoms with Crippen LogP contribution in [0.2, 0.25) is 0 Å². The van der Waals surface area contributed by atoms with E-state index in [1.807, 2.05) is 0 Å². The molecule has 0 aromatic carbocycles. The number of nitrogens with one attached hydrogen (secondary N) is 2. The summed E-state index contributed by atoms with van der Waals surface area (Å²) in [5, 5.41) is 3.37. The third-order valence-corrected chi connectivity index (χ3v) is 3.99. The zero-order valence-electron chi connectivity index (χ0n) is 10.0. The molecule has 0 bridgehead atoms. The van der Waals surface area contributed by atoms with Crippen molar-refractivity contribution in [1.82, 2.24) is 15.3 Å². The van der Waals surface area contributed by atoms with Crippen LogP contribution in [-0.4, -0.2) is 23.1 Å². The Kier molecular flexibility index (Phi) is 2.97. The maximum Gasteiger partial charge on any atom is 0.251 e. The van der Waals surface area contributed by atoms with Crippen LogP contribution in [0.25, 0.3) is 0 Å². The Labute approximate surface area is 101 Å². The van der Waals surface area contributed by atoms with Gasteiger partial charge in [0.25, 0.3) is 5.56 Å². The van der Waals surface area contributed by atoms with Crippen molar-refractivity contribution in [3.63, 3.8) is 0 Å². The molecule has 4 heteroatoms. The third-order valence-electron chi connectivity index (χ3n) is 3.99. The molecule has 1 saturated heterocycles. The Hall–Kier alpha value is -1.16. The fourth-order valence-electron chi connectivity index (χ4n) is 2.69. The van der Waals surface area contributed by atoms with E-state index in [1.54, 1.807) is 6.07 Å². The summed E-state index contributed by atoms with van der Waals surface area (Å²) >= 11 is 0. The molecule has 2 aliphatic rings. The number of hydrogen-bond acceptors (Lipinski definition) is 3. The SMILES string of the molecule is O=c1cc(C2CCC2)nc(C2CCCNC2)[nH]1. The second-order valence-corrected chi connectivity index (χ2v) is 5.23. The van der Waals surface area contributed by atoms with Crippen molar-refractivity contribution in [3.05, 3.63) is 27.9 Å². The first-order valence-electron chi connectivity index (χ1n) is 6.65. The highest BCUT2D eigenvalue weighted by molar-refractivity contribution is 5.13. The topological polar surface area (TPSA) is 57.8 Å². The standard InChI is InChI=1S/C13H19N3O/c17-12-7-11(9-3-1-4-9)15-13(16-12)10-5-2-6-14-8-10/h7,9-10,14H,1-6,8H2,(H,15,16,17). The van der Waals surface area contributed by atoms with Gasteiger partial charge in [0.2, 0.25) is 0 Å². The zero-order valence-corrected chi connectivity index (χ0v) is 10.0. The number of aromatic nitrogens is 2. The minimum Gasteiger partial charge on any atom is -0.316 e. The molecular weight excluding hydrogens is 214 g/mol. The number of aromatic amines is 1. The van der Waals surface area contributed by atoms with Crippen molar-refractivity contribution in [2.45, 2.75) is 43.9 Å². The second kappa shape index (κ2) is 4.61. The normalized spacial score (nSPS) is 25.5. The maximum absolute atomic E-state index is 11.7. The summed E-state index contributed by atoms with van der Waals surface area (Å²) < 4.78 is 0. The number of H-pyrrole nitrogens is 1. The van der Waals surface area contributed by atoms with E-state index >= 15 is 0 Å². The van der Waals surface area contributed by atoms with Crippen LogP contribution >= 0.6 is 0 Å². The van der Waals surface area contributed by atoms with Crippen molar-refractivity contribution in [2.24, 2.45) is 0 Å². The predicted octanol–water partition coefficient (Wildman–Crippen LogP) is 1.50. The van der Waals surface area contributed by atoms with Gasteiger partial charge in [0.1, 0.15) is 5.82 Å². The van der Waals surface area contributed by atoms with Gasteiger partial charge in [-0.2, -0.15) is 0 Å². The molecule has 1 aromatic rings. The van der Waals surface area contributed by atoms with E-state index in [0.29, 0.717) is 11.8 Å². The molecule has 0 radical (unpaired) electrons. The number of rotatable bonds is 2. The van der Waals surface area contributed by atoms with Gasteiger partial charge in [-0.25, -0.2) is 4.98 Å². The Morgan fingerprint density at radius 3 is 2.65 bits per heavy atom. The Morgan fingerprint density at radius 2 is 2.00 bits per heavy atom. The maximum atomic E-state index is 11.7. The van der Waals surface area contributed by atoms with Crippen LogP contribution in [0.15, 0.2) is 10.9 Å². The average Bonchev–Trinajstić information content (AvgIpc) is 2.27. The molecule has 2 fully saturated rings. The highest BCUT2D eigenvalue weighted by atomic mass is 16.1. The molecule has 4 nitrogen and oxygen atoms in total. The molecule has 1 atom stereocenters. The van der Waals surface area contributed by atoms with E-state index in [4.69, 9.17) is 0 Å². The van der Waals surface area contributed by atoms with Crippen LogP contribution in [0.5, 0.6) is 0 Å².